The molecule has 1 rings (SSSR count). The van der Waals surface area contributed by atoms with Gasteiger partial charge in [0.2, 0.25) is 0 Å². The van der Waals surface area contributed by atoms with E-state index in [9.17, 15) is 5.11 Å². The number of nitrogens with two attached hydrogens (primary N) is 1. The van der Waals surface area contributed by atoms with E-state index in [4.69, 9.17) is 5.73 Å². The van der Waals surface area contributed by atoms with E-state index in [0.717, 1.165) is 15.6 Å². The van der Waals surface area contributed by atoms with Crippen molar-refractivity contribution in [1.29, 1.82) is 0 Å². The first-order valence-corrected chi connectivity index (χ1v) is 5.74. The van der Waals surface area contributed by atoms with Crippen LogP contribution in [0.4, 0.5) is 0 Å². The van der Waals surface area contributed by atoms with Crippen molar-refractivity contribution in [2.75, 3.05) is 6.54 Å². The summed E-state index contributed by atoms with van der Waals surface area (Å²) < 4.78 is 1.02. The first-order valence-electron chi connectivity index (χ1n) is 4.95. The number of phenolic OH excluding ortho intramolecular Hbond substituents is 1. The maximum atomic E-state index is 9.78. The Morgan fingerprint density at radius 1 is 1.47 bits per heavy atom. The molecule has 0 heterocycles. The Labute approximate surface area is 98.9 Å². The van der Waals surface area contributed by atoms with Gasteiger partial charge in [-0.3, -0.25) is 0 Å². The molecule has 2 nitrogen and oxygen atoms in total. The second-order valence-electron chi connectivity index (χ2n) is 3.73. The van der Waals surface area contributed by atoms with Gasteiger partial charge in [-0.1, -0.05) is 41.9 Å². The van der Waals surface area contributed by atoms with Crippen molar-refractivity contribution in [3.05, 3.63) is 33.8 Å². The Morgan fingerprint density at radius 3 is 2.67 bits per heavy atom. The highest BCUT2D eigenvalue weighted by Crippen LogP contribution is 2.31. The van der Waals surface area contributed by atoms with Gasteiger partial charge in [-0.2, -0.15) is 0 Å². The summed E-state index contributed by atoms with van der Waals surface area (Å²) in [5, 5.41) is 9.78. The molecule has 0 spiro atoms. The number of phenols is 1. The van der Waals surface area contributed by atoms with Crippen molar-refractivity contribution < 1.29 is 5.11 Å². The molecule has 0 radical (unpaired) electrons. The molecule has 0 aromatic heterocycles. The molecule has 0 saturated heterocycles. The largest absolute Gasteiger partial charge is 0.507 e. The Bertz CT molecular complexity index is 372. The molecule has 0 saturated carbocycles. The molecule has 0 unspecified atom stereocenters. The molecular formula is C12H16BrNO. The Kier molecular flexibility index (Phi) is 4.36. The lowest BCUT2D eigenvalue weighted by Crippen LogP contribution is -1.93. The molecule has 82 valence electrons. The zero-order chi connectivity index (χ0) is 11.4. The number of rotatable bonds is 3. The number of benzene rings is 1. The van der Waals surface area contributed by atoms with Gasteiger partial charge in [0.05, 0.1) is 0 Å². The highest BCUT2D eigenvalue weighted by atomic mass is 79.9. The SMILES string of the molecule is CC(C)c1cc(O)c(/C=C/CN)cc1Br. The number of aromatic hydroxyl groups is 1. The molecule has 0 fully saturated rings. The van der Waals surface area contributed by atoms with Crippen LogP contribution in [0.15, 0.2) is 22.7 Å². The summed E-state index contributed by atoms with van der Waals surface area (Å²) >= 11 is 3.50. The molecule has 3 N–H and O–H groups in total. The van der Waals surface area contributed by atoms with Crippen LogP contribution in [0.1, 0.15) is 30.9 Å². The van der Waals surface area contributed by atoms with Crippen LogP contribution in [0.2, 0.25) is 0 Å². The van der Waals surface area contributed by atoms with E-state index in [1.54, 1.807) is 6.07 Å². The zero-order valence-corrected chi connectivity index (χ0v) is 10.6. The summed E-state index contributed by atoms with van der Waals surface area (Å²) in [7, 11) is 0. The van der Waals surface area contributed by atoms with Crippen molar-refractivity contribution in [2.24, 2.45) is 5.73 Å². The van der Waals surface area contributed by atoms with Crippen LogP contribution in [0, 0.1) is 0 Å². The molecule has 15 heavy (non-hydrogen) atoms. The lowest BCUT2D eigenvalue weighted by atomic mass is 10.0. The maximum Gasteiger partial charge on any atom is 0.123 e. The minimum Gasteiger partial charge on any atom is -0.507 e. The Hall–Kier alpha value is -0.800. The summed E-state index contributed by atoms with van der Waals surface area (Å²) in [6.45, 7) is 4.66. The summed E-state index contributed by atoms with van der Waals surface area (Å²) in [5.74, 6) is 0.685. The van der Waals surface area contributed by atoms with Crippen LogP contribution in [-0.2, 0) is 0 Å². The monoisotopic (exact) mass is 269 g/mol. The van der Waals surface area contributed by atoms with Gasteiger partial charge in [0, 0.05) is 16.6 Å². The summed E-state index contributed by atoms with van der Waals surface area (Å²) in [6, 6.07) is 3.71. The van der Waals surface area contributed by atoms with Crippen molar-refractivity contribution in [1.82, 2.24) is 0 Å². The van der Waals surface area contributed by atoms with Gasteiger partial charge in [-0.05, 0) is 23.6 Å². The van der Waals surface area contributed by atoms with E-state index in [2.05, 4.69) is 29.8 Å². The standard InChI is InChI=1S/C12H16BrNO/c1-8(2)10-7-12(15)9(4-3-5-14)6-11(10)13/h3-4,6-8,15H,5,14H2,1-2H3/b4-3+. The highest BCUT2D eigenvalue weighted by Gasteiger charge is 2.08. The van der Waals surface area contributed by atoms with Crippen molar-refractivity contribution in [3.63, 3.8) is 0 Å². The molecule has 1 aromatic carbocycles. The maximum absolute atomic E-state index is 9.78. The van der Waals surface area contributed by atoms with Gasteiger partial charge in [0.15, 0.2) is 0 Å². The Balaban J connectivity index is 3.13. The van der Waals surface area contributed by atoms with Gasteiger partial charge in [0.25, 0.3) is 0 Å². The molecular weight excluding hydrogens is 254 g/mol. The third kappa shape index (κ3) is 3.08. The molecule has 1 aromatic rings. The minimum absolute atomic E-state index is 0.298. The topological polar surface area (TPSA) is 46.2 Å². The first-order chi connectivity index (χ1) is 7.06. The van der Waals surface area contributed by atoms with E-state index in [1.807, 2.05) is 18.2 Å². The average Bonchev–Trinajstić information content (AvgIpc) is 2.18. The van der Waals surface area contributed by atoms with Crippen molar-refractivity contribution in [3.8, 4) is 5.75 Å². The van der Waals surface area contributed by atoms with Crippen LogP contribution < -0.4 is 5.73 Å². The fraction of sp³-hybridized carbons (Fsp3) is 0.333. The summed E-state index contributed by atoms with van der Waals surface area (Å²) in [6.07, 6.45) is 3.64. The molecule has 0 aliphatic carbocycles. The summed E-state index contributed by atoms with van der Waals surface area (Å²) in [4.78, 5) is 0. The second kappa shape index (κ2) is 5.33. The van der Waals surface area contributed by atoms with Crippen molar-refractivity contribution >= 4 is 22.0 Å². The molecule has 0 atom stereocenters. The fourth-order valence-electron chi connectivity index (χ4n) is 1.36. The predicted octanol–water partition coefficient (Wildman–Crippen LogP) is 3.25. The molecule has 0 aliphatic rings. The second-order valence-corrected chi connectivity index (χ2v) is 4.58. The van der Waals surface area contributed by atoms with Gasteiger partial charge >= 0.3 is 0 Å². The number of hydrogen-bond acceptors (Lipinski definition) is 2. The molecule has 3 heteroatoms. The smallest absolute Gasteiger partial charge is 0.123 e. The predicted molar refractivity (Wildman–Crippen MR) is 68.0 cm³/mol. The fourth-order valence-corrected chi connectivity index (χ4v) is 2.18. The van der Waals surface area contributed by atoms with E-state index < -0.39 is 0 Å². The van der Waals surface area contributed by atoms with Crippen LogP contribution in [0.5, 0.6) is 5.75 Å². The average molecular weight is 270 g/mol. The van der Waals surface area contributed by atoms with Crippen LogP contribution in [-0.4, -0.2) is 11.7 Å². The van der Waals surface area contributed by atoms with Gasteiger partial charge in [-0.25, -0.2) is 0 Å². The number of halogens is 1. The van der Waals surface area contributed by atoms with Gasteiger partial charge in [0.1, 0.15) is 5.75 Å². The lowest BCUT2D eigenvalue weighted by molar-refractivity contribution is 0.472. The molecule has 0 amide bonds. The normalized spacial score (nSPS) is 11.5. The first kappa shape index (κ1) is 12.3. The Morgan fingerprint density at radius 2 is 2.13 bits per heavy atom. The van der Waals surface area contributed by atoms with E-state index >= 15 is 0 Å². The van der Waals surface area contributed by atoms with Crippen molar-refractivity contribution in [2.45, 2.75) is 19.8 Å². The van der Waals surface area contributed by atoms with Crippen LogP contribution in [0.3, 0.4) is 0 Å². The minimum atomic E-state index is 0.298. The van der Waals surface area contributed by atoms with E-state index in [0.29, 0.717) is 18.2 Å². The van der Waals surface area contributed by atoms with E-state index in [1.165, 1.54) is 0 Å². The highest BCUT2D eigenvalue weighted by molar-refractivity contribution is 9.10. The van der Waals surface area contributed by atoms with Gasteiger partial charge in [-0.15, -0.1) is 0 Å². The zero-order valence-electron chi connectivity index (χ0n) is 9.00. The quantitative estimate of drug-likeness (QED) is 0.885. The third-order valence-electron chi connectivity index (χ3n) is 2.20. The lowest BCUT2D eigenvalue weighted by Gasteiger charge is -2.10. The molecule has 0 aliphatic heterocycles. The molecule has 0 bridgehead atoms. The van der Waals surface area contributed by atoms with Crippen LogP contribution >= 0.6 is 15.9 Å². The summed E-state index contributed by atoms with van der Waals surface area (Å²) in [5.41, 5.74) is 7.26. The van der Waals surface area contributed by atoms with E-state index in [-0.39, 0.29) is 0 Å². The van der Waals surface area contributed by atoms with Gasteiger partial charge < -0.3 is 10.8 Å². The van der Waals surface area contributed by atoms with Crippen LogP contribution in [0.25, 0.3) is 6.08 Å². The number of hydrogen-bond donors (Lipinski definition) is 2. The third-order valence-corrected chi connectivity index (χ3v) is 2.89.